The molecule has 0 unspecified atom stereocenters. The third-order valence-corrected chi connectivity index (χ3v) is 8.46. The Balaban J connectivity index is 1.39. The molecule has 4 aromatic carbocycles. The maximum atomic E-state index is 14.3. The average molecular weight is 528 g/mol. The Bertz CT molecular complexity index is 1670. The zero-order valence-corrected chi connectivity index (χ0v) is 21.7. The molecule has 7 heteroatoms. The second-order valence-electron chi connectivity index (χ2n) is 10.3. The monoisotopic (exact) mass is 527 g/mol. The van der Waals surface area contributed by atoms with Gasteiger partial charge in [-0.2, -0.15) is 5.10 Å². The zero-order valence-electron chi connectivity index (χ0n) is 21.7. The first-order valence-electron chi connectivity index (χ1n) is 13.2. The second-order valence-corrected chi connectivity index (χ2v) is 10.3. The lowest BCUT2D eigenvalue weighted by Gasteiger charge is -2.52. The predicted molar refractivity (Wildman–Crippen MR) is 150 cm³/mol. The van der Waals surface area contributed by atoms with Crippen LogP contribution in [0.4, 0.5) is 5.69 Å². The summed E-state index contributed by atoms with van der Waals surface area (Å²) in [5.74, 6) is -1.90. The van der Waals surface area contributed by atoms with E-state index in [1.54, 1.807) is 42.6 Å². The molecule has 1 saturated heterocycles. The molecule has 1 N–H and O–H groups in total. The van der Waals surface area contributed by atoms with Crippen molar-refractivity contribution in [3.63, 3.8) is 0 Å². The molecule has 40 heavy (non-hydrogen) atoms. The number of hydrogen-bond acceptors (Lipinski definition) is 5. The molecular weight excluding hydrogens is 502 g/mol. The highest BCUT2D eigenvalue weighted by molar-refractivity contribution is 6.25. The standard InChI is InChI=1S/C33H25N3O4/c1-40-22-13-9-10-20(18-22)30(37)35-34-19-33-25-16-7-5-14-23(25)27(24-15-6-8-17-26(24)33)28-29(33)32(39)36(31(28)38)21-11-3-2-4-12-21/h2-19,27-29H,1H3,(H,35,37)/b34-19-/t27?,28-,29+,33?/m0/s1. The summed E-state index contributed by atoms with van der Waals surface area (Å²) in [5.41, 5.74) is 6.40. The van der Waals surface area contributed by atoms with E-state index in [0.717, 1.165) is 22.3 Å². The van der Waals surface area contributed by atoms with E-state index in [1.807, 2.05) is 66.7 Å². The van der Waals surface area contributed by atoms with Crippen molar-refractivity contribution < 1.29 is 19.1 Å². The number of ether oxygens (including phenoxy) is 1. The quantitative estimate of drug-likeness (QED) is 0.232. The summed E-state index contributed by atoms with van der Waals surface area (Å²) in [7, 11) is 1.54. The molecule has 7 nitrogen and oxygen atoms in total. The molecule has 4 aliphatic rings. The van der Waals surface area contributed by atoms with E-state index in [9.17, 15) is 14.4 Å². The van der Waals surface area contributed by atoms with E-state index in [2.05, 4.69) is 10.5 Å². The average Bonchev–Trinajstić information content (AvgIpc) is 3.28. The zero-order chi connectivity index (χ0) is 27.4. The first kappa shape index (κ1) is 24.0. The van der Waals surface area contributed by atoms with Crippen LogP contribution in [0.15, 0.2) is 108 Å². The van der Waals surface area contributed by atoms with Crippen LogP contribution in [-0.2, 0) is 15.0 Å². The summed E-state index contributed by atoms with van der Waals surface area (Å²) >= 11 is 0. The van der Waals surface area contributed by atoms with Crippen LogP contribution in [0.5, 0.6) is 5.75 Å². The Morgan fingerprint density at radius 3 is 2.17 bits per heavy atom. The summed E-state index contributed by atoms with van der Waals surface area (Å²) in [6.45, 7) is 0. The highest BCUT2D eigenvalue weighted by Gasteiger charge is 2.68. The van der Waals surface area contributed by atoms with E-state index in [1.165, 1.54) is 12.0 Å². The Kier molecular flexibility index (Phi) is 5.42. The van der Waals surface area contributed by atoms with Crippen LogP contribution in [0, 0.1) is 11.8 Å². The molecule has 0 saturated carbocycles. The Morgan fingerprint density at radius 1 is 0.850 bits per heavy atom. The minimum atomic E-state index is -1.05. The van der Waals surface area contributed by atoms with Crippen molar-refractivity contribution in [2.45, 2.75) is 11.3 Å². The number of carbonyl (C=O) groups is 3. The summed E-state index contributed by atoms with van der Waals surface area (Å²) in [4.78, 5) is 42.8. The van der Waals surface area contributed by atoms with Crippen molar-refractivity contribution in [1.82, 2.24) is 5.43 Å². The van der Waals surface area contributed by atoms with Gasteiger partial charge in [-0.25, -0.2) is 10.3 Å². The van der Waals surface area contributed by atoms with E-state index in [0.29, 0.717) is 17.0 Å². The molecule has 3 amide bonds. The van der Waals surface area contributed by atoms with Gasteiger partial charge >= 0.3 is 0 Å². The first-order chi connectivity index (χ1) is 19.6. The van der Waals surface area contributed by atoms with Crippen LogP contribution >= 0.6 is 0 Å². The number of hydrazone groups is 1. The fraction of sp³-hybridized carbons (Fsp3) is 0.152. The second kappa shape index (κ2) is 9.02. The van der Waals surface area contributed by atoms with Crippen molar-refractivity contribution in [2.24, 2.45) is 16.9 Å². The van der Waals surface area contributed by atoms with Gasteiger partial charge in [0.05, 0.1) is 30.0 Å². The molecule has 4 aromatic rings. The minimum Gasteiger partial charge on any atom is -0.497 e. The van der Waals surface area contributed by atoms with Crippen LogP contribution in [0.3, 0.4) is 0 Å². The Morgan fingerprint density at radius 2 is 1.50 bits per heavy atom. The number of hydrogen-bond donors (Lipinski definition) is 1. The van der Waals surface area contributed by atoms with Crippen molar-refractivity contribution in [1.29, 1.82) is 0 Å². The predicted octanol–water partition coefficient (Wildman–Crippen LogP) is 4.66. The number of methoxy groups -OCH3 is 1. The number of imide groups is 1. The van der Waals surface area contributed by atoms with Crippen LogP contribution in [0.1, 0.15) is 38.5 Å². The lowest BCUT2D eigenvalue weighted by atomic mass is 9.47. The highest BCUT2D eigenvalue weighted by atomic mass is 16.5. The van der Waals surface area contributed by atoms with Gasteiger partial charge < -0.3 is 4.74 Å². The van der Waals surface area contributed by atoms with Gasteiger partial charge in [-0.15, -0.1) is 0 Å². The largest absolute Gasteiger partial charge is 0.497 e. The third-order valence-electron chi connectivity index (χ3n) is 8.46. The fourth-order valence-corrected chi connectivity index (χ4v) is 6.90. The number of amides is 3. The summed E-state index contributed by atoms with van der Waals surface area (Å²) in [6, 6.07) is 31.8. The SMILES string of the molecule is COc1cccc(C(=O)N/N=C\C23c4ccccc4C(c4ccccc42)[C@@H]2C(=O)N(c4ccccc4)C(=O)[C@@H]23)c1. The van der Waals surface area contributed by atoms with E-state index < -0.39 is 23.2 Å². The topological polar surface area (TPSA) is 88.1 Å². The number of para-hydroxylation sites is 1. The maximum absolute atomic E-state index is 14.3. The van der Waals surface area contributed by atoms with Crippen LogP contribution in [-0.4, -0.2) is 31.0 Å². The van der Waals surface area contributed by atoms with Crippen LogP contribution in [0.25, 0.3) is 0 Å². The lowest BCUT2D eigenvalue weighted by molar-refractivity contribution is -0.122. The van der Waals surface area contributed by atoms with Crippen molar-refractivity contribution in [3.8, 4) is 5.75 Å². The van der Waals surface area contributed by atoms with Crippen LogP contribution < -0.4 is 15.1 Å². The number of carbonyl (C=O) groups excluding carboxylic acids is 3. The van der Waals surface area contributed by atoms with Gasteiger partial charge in [-0.1, -0.05) is 72.8 Å². The molecule has 1 heterocycles. The number of nitrogens with one attached hydrogen (secondary N) is 1. The Labute approximate surface area is 231 Å². The van der Waals surface area contributed by atoms with Crippen molar-refractivity contribution in [3.05, 3.63) is 131 Å². The summed E-state index contributed by atoms with van der Waals surface area (Å²) in [5, 5.41) is 4.46. The molecule has 1 aliphatic heterocycles. The molecular formula is C33H25N3O4. The van der Waals surface area contributed by atoms with Gasteiger partial charge in [-0.05, 0) is 52.6 Å². The summed E-state index contributed by atoms with van der Waals surface area (Å²) in [6.07, 6.45) is 1.66. The smallest absolute Gasteiger partial charge is 0.271 e. The molecule has 2 bridgehead atoms. The highest BCUT2D eigenvalue weighted by Crippen LogP contribution is 2.63. The van der Waals surface area contributed by atoms with Gasteiger partial charge in [0.2, 0.25) is 11.8 Å². The minimum absolute atomic E-state index is 0.214. The number of rotatable bonds is 5. The van der Waals surface area contributed by atoms with E-state index >= 15 is 0 Å². The molecule has 8 rings (SSSR count). The first-order valence-corrected chi connectivity index (χ1v) is 13.2. The number of benzene rings is 4. The normalized spacial score (nSPS) is 24.0. The molecule has 0 spiro atoms. The van der Waals surface area contributed by atoms with Gasteiger partial charge in [0.15, 0.2) is 0 Å². The van der Waals surface area contributed by atoms with Crippen LogP contribution in [0.2, 0.25) is 0 Å². The molecule has 196 valence electrons. The Hall–Kier alpha value is -5.04. The van der Waals surface area contributed by atoms with Gasteiger partial charge in [0, 0.05) is 17.7 Å². The number of nitrogens with zero attached hydrogens (tertiary/aromatic N) is 2. The number of anilines is 1. The van der Waals surface area contributed by atoms with E-state index in [4.69, 9.17) is 4.74 Å². The summed E-state index contributed by atoms with van der Waals surface area (Å²) < 4.78 is 5.24. The fourth-order valence-electron chi connectivity index (χ4n) is 6.90. The van der Waals surface area contributed by atoms with Crippen molar-refractivity contribution >= 4 is 29.6 Å². The van der Waals surface area contributed by atoms with Crippen molar-refractivity contribution in [2.75, 3.05) is 12.0 Å². The maximum Gasteiger partial charge on any atom is 0.271 e. The lowest BCUT2D eigenvalue weighted by Crippen LogP contribution is -2.54. The van der Waals surface area contributed by atoms with Gasteiger partial charge in [0.1, 0.15) is 5.75 Å². The van der Waals surface area contributed by atoms with E-state index in [-0.39, 0.29) is 17.7 Å². The van der Waals surface area contributed by atoms with Gasteiger partial charge in [0.25, 0.3) is 5.91 Å². The molecule has 3 aliphatic carbocycles. The van der Waals surface area contributed by atoms with Gasteiger partial charge in [-0.3, -0.25) is 14.4 Å². The molecule has 0 radical (unpaired) electrons. The molecule has 1 fully saturated rings. The molecule has 0 aromatic heterocycles. The molecule has 2 atom stereocenters. The third kappa shape index (κ3) is 3.24.